The highest BCUT2D eigenvalue weighted by Gasteiger charge is 2.21. The van der Waals surface area contributed by atoms with Crippen LogP contribution in [0.25, 0.3) is 11.6 Å². The number of hydrogen-bond donors (Lipinski definition) is 2. The zero-order valence-electron chi connectivity index (χ0n) is 17.7. The molecular formula is C25H34O2. The highest BCUT2D eigenvalue weighted by molar-refractivity contribution is 5.81. The summed E-state index contributed by atoms with van der Waals surface area (Å²) in [6.07, 6.45) is 6.49. The first kappa shape index (κ1) is 21.1. The topological polar surface area (TPSA) is 40.5 Å². The van der Waals surface area contributed by atoms with Crippen molar-refractivity contribution in [1.82, 2.24) is 0 Å². The second-order valence-corrected chi connectivity index (χ2v) is 8.61. The van der Waals surface area contributed by atoms with Gasteiger partial charge in [0.25, 0.3) is 0 Å². The molecule has 0 bridgehead atoms. The van der Waals surface area contributed by atoms with Crippen LogP contribution in [-0.4, -0.2) is 10.2 Å². The summed E-state index contributed by atoms with van der Waals surface area (Å²) in [5, 5.41) is 20.6. The molecule has 2 aromatic carbocycles. The molecule has 0 saturated heterocycles. The Kier molecular flexibility index (Phi) is 6.75. The van der Waals surface area contributed by atoms with Crippen molar-refractivity contribution in [1.29, 1.82) is 0 Å². The zero-order valence-corrected chi connectivity index (χ0v) is 17.7. The van der Waals surface area contributed by atoms with Crippen LogP contribution in [0.2, 0.25) is 0 Å². The van der Waals surface area contributed by atoms with E-state index in [4.69, 9.17) is 0 Å². The smallest absolute Gasteiger partial charge is 0.122 e. The van der Waals surface area contributed by atoms with Gasteiger partial charge in [-0.3, -0.25) is 0 Å². The van der Waals surface area contributed by atoms with E-state index in [1.807, 2.05) is 19.1 Å². The fourth-order valence-electron chi connectivity index (χ4n) is 3.35. The van der Waals surface area contributed by atoms with Gasteiger partial charge in [0, 0.05) is 5.56 Å². The van der Waals surface area contributed by atoms with E-state index in [0.29, 0.717) is 11.5 Å². The third-order valence-electron chi connectivity index (χ3n) is 5.11. The van der Waals surface area contributed by atoms with Gasteiger partial charge >= 0.3 is 0 Å². The van der Waals surface area contributed by atoms with Gasteiger partial charge in [-0.2, -0.15) is 0 Å². The van der Waals surface area contributed by atoms with Crippen LogP contribution < -0.4 is 0 Å². The summed E-state index contributed by atoms with van der Waals surface area (Å²) in [7, 11) is 0. The zero-order chi connectivity index (χ0) is 20.2. The van der Waals surface area contributed by atoms with Crippen molar-refractivity contribution < 1.29 is 10.2 Å². The summed E-state index contributed by atoms with van der Waals surface area (Å²) < 4.78 is 0. The molecule has 0 heterocycles. The summed E-state index contributed by atoms with van der Waals surface area (Å²) in [4.78, 5) is 0. The van der Waals surface area contributed by atoms with Gasteiger partial charge in [0.2, 0.25) is 0 Å². The first-order valence-corrected chi connectivity index (χ1v) is 9.98. The quantitative estimate of drug-likeness (QED) is 0.427. The number of hydrogen-bond acceptors (Lipinski definition) is 2. The molecular weight excluding hydrogens is 332 g/mol. The monoisotopic (exact) mass is 366 g/mol. The van der Waals surface area contributed by atoms with Crippen LogP contribution in [0.5, 0.6) is 11.5 Å². The minimum absolute atomic E-state index is 0.116. The molecule has 0 aliphatic carbocycles. The summed E-state index contributed by atoms with van der Waals surface area (Å²) in [6.45, 7) is 12.6. The molecule has 2 aromatic rings. The van der Waals surface area contributed by atoms with Gasteiger partial charge in [-0.05, 0) is 84.2 Å². The van der Waals surface area contributed by atoms with Crippen molar-refractivity contribution in [2.75, 3.05) is 0 Å². The Hall–Kier alpha value is -2.22. The first-order valence-electron chi connectivity index (χ1n) is 9.98. The fourth-order valence-corrected chi connectivity index (χ4v) is 3.35. The molecule has 0 unspecified atom stereocenters. The molecule has 0 aromatic heterocycles. The predicted octanol–water partition coefficient (Wildman–Crippen LogP) is 7.00. The number of aromatic hydroxyl groups is 2. The molecule has 0 saturated carbocycles. The SMILES string of the molecule is CCCCCc1cc(C(C)=Cc2ccc(O)c(C)c2)cc(C(C)(C)C)c1O. The average molecular weight is 367 g/mol. The molecule has 2 N–H and O–H groups in total. The van der Waals surface area contributed by atoms with Crippen LogP contribution in [0.1, 0.15) is 81.7 Å². The van der Waals surface area contributed by atoms with Crippen molar-refractivity contribution in [3.8, 4) is 11.5 Å². The van der Waals surface area contributed by atoms with Gasteiger partial charge in [-0.15, -0.1) is 0 Å². The number of phenolic OH excluding ortho intramolecular Hbond substituents is 2. The Bertz CT molecular complexity index is 823. The molecule has 0 radical (unpaired) electrons. The Morgan fingerprint density at radius 3 is 2.33 bits per heavy atom. The Labute approximate surface area is 164 Å². The molecule has 0 spiro atoms. The first-order chi connectivity index (χ1) is 12.6. The maximum absolute atomic E-state index is 10.8. The molecule has 146 valence electrons. The van der Waals surface area contributed by atoms with Crippen molar-refractivity contribution >= 4 is 11.6 Å². The van der Waals surface area contributed by atoms with Gasteiger partial charge in [-0.25, -0.2) is 0 Å². The van der Waals surface area contributed by atoms with E-state index in [-0.39, 0.29) is 5.41 Å². The molecule has 2 rings (SSSR count). The standard InChI is InChI=1S/C25H34O2/c1-7-8-9-10-20-15-21(16-22(24(20)27)25(4,5)6)17(2)13-19-11-12-23(26)18(3)14-19/h11-16,26-27H,7-10H2,1-6H3. The lowest BCUT2D eigenvalue weighted by Gasteiger charge is -2.24. The molecule has 0 amide bonds. The van der Waals surface area contributed by atoms with E-state index in [0.717, 1.165) is 46.2 Å². The largest absolute Gasteiger partial charge is 0.508 e. The highest BCUT2D eigenvalue weighted by atomic mass is 16.3. The van der Waals surface area contributed by atoms with E-state index in [1.165, 1.54) is 12.8 Å². The Balaban J connectivity index is 2.48. The van der Waals surface area contributed by atoms with E-state index in [9.17, 15) is 10.2 Å². The van der Waals surface area contributed by atoms with Crippen LogP contribution in [0.4, 0.5) is 0 Å². The lowest BCUT2D eigenvalue weighted by Crippen LogP contribution is -2.13. The van der Waals surface area contributed by atoms with E-state index in [2.05, 4.69) is 52.8 Å². The number of benzene rings is 2. The van der Waals surface area contributed by atoms with Crippen LogP contribution in [-0.2, 0) is 11.8 Å². The van der Waals surface area contributed by atoms with Crippen LogP contribution in [0.3, 0.4) is 0 Å². The van der Waals surface area contributed by atoms with E-state index in [1.54, 1.807) is 6.07 Å². The van der Waals surface area contributed by atoms with Gasteiger partial charge in [0.1, 0.15) is 11.5 Å². The molecule has 0 aliphatic heterocycles. The lowest BCUT2D eigenvalue weighted by atomic mass is 9.82. The van der Waals surface area contributed by atoms with Gasteiger partial charge in [-0.1, -0.05) is 52.7 Å². The molecule has 0 atom stereocenters. The Morgan fingerprint density at radius 1 is 1.04 bits per heavy atom. The highest BCUT2D eigenvalue weighted by Crippen LogP contribution is 2.37. The van der Waals surface area contributed by atoms with Crippen molar-refractivity contribution in [3.05, 3.63) is 58.1 Å². The van der Waals surface area contributed by atoms with Gasteiger partial charge < -0.3 is 10.2 Å². The van der Waals surface area contributed by atoms with Gasteiger partial charge in [0.15, 0.2) is 0 Å². The minimum atomic E-state index is -0.116. The van der Waals surface area contributed by atoms with Gasteiger partial charge in [0.05, 0.1) is 0 Å². The summed E-state index contributed by atoms with van der Waals surface area (Å²) in [6, 6.07) is 9.92. The maximum atomic E-state index is 10.8. The number of phenols is 2. The summed E-state index contributed by atoms with van der Waals surface area (Å²) in [5.74, 6) is 0.776. The van der Waals surface area contributed by atoms with Crippen LogP contribution in [0, 0.1) is 6.92 Å². The second-order valence-electron chi connectivity index (χ2n) is 8.61. The van der Waals surface area contributed by atoms with E-state index < -0.39 is 0 Å². The number of unbranched alkanes of at least 4 members (excludes halogenated alkanes) is 2. The third-order valence-corrected chi connectivity index (χ3v) is 5.11. The minimum Gasteiger partial charge on any atom is -0.508 e. The van der Waals surface area contributed by atoms with Crippen LogP contribution in [0.15, 0.2) is 30.3 Å². The van der Waals surface area contributed by atoms with Crippen molar-refractivity contribution in [2.45, 2.75) is 72.6 Å². The van der Waals surface area contributed by atoms with Crippen molar-refractivity contribution in [2.24, 2.45) is 0 Å². The van der Waals surface area contributed by atoms with Crippen LogP contribution >= 0.6 is 0 Å². The number of rotatable bonds is 6. The summed E-state index contributed by atoms with van der Waals surface area (Å²) in [5.41, 5.74) is 6.17. The number of allylic oxidation sites excluding steroid dienone is 1. The molecule has 27 heavy (non-hydrogen) atoms. The van der Waals surface area contributed by atoms with E-state index >= 15 is 0 Å². The third kappa shape index (κ3) is 5.38. The average Bonchev–Trinajstić information content (AvgIpc) is 2.58. The Morgan fingerprint density at radius 2 is 1.74 bits per heavy atom. The molecule has 2 nitrogen and oxygen atoms in total. The maximum Gasteiger partial charge on any atom is 0.122 e. The normalized spacial score (nSPS) is 12.4. The second kappa shape index (κ2) is 8.65. The predicted molar refractivity (Wildman–Crippen MR) is 116 cm³/mol. The fraction of sp³-hybridized carbons (Fsp3) is 0.440. The lowest BCUT2D eigenvalue weighted by molar-refractivity contribution is 0.439. The number of aryl methyl sites for hydroxylation is 2. The molecule has 0 aliphatic rings. The van der Waals surface area contributed by atoms with Crippen molar-refractivity contribution in [3.63, 3.8) is 0 Å². The molecule has 0 fully saturated rings. The summed E-state index contributed by atoms with van der Waals surface area (Å²) >= 11 is 0. The molecule has 2 heteroatoms.